The van der Waals surface area contributed by atoms with Crippen molar-refractivity contribution in [2.45, 2.75) is 18.9 Å². The number of benzene rings is 1. The number of thiophene rings is 1. The molecule has 2 N–H and O–H groups in total. The van der Waals surface area contributed by atoms with Crippen LogP contribution in [0.3, 0.4) is 0 Å². The van der Waals surface area contributed by atoms with Gasteiger partial charge in [-0.3, -0.25) is 0 Å². The Morgan fingerprint density at radius 1 is 1.35 bits per heavy atom. The molecule has 0 bridgehead atoms. The van der Waals surface area contributed by atoms with E-state index in [1.54, 1.807) is 11.3 Å². The van der Waals surface area contributed by atoms with Crippen LogP contribution in [0.25, 0.3) is 0 Å². The fraction of sp³-hybridized carbons (Fsp3) is 0.286. The Kier molecular flexibility index (Phi) is 2.87. The molecule has 2 heterocycles. The maximum absolute atomic E-state index is 6.24. The van der Waals surface area contributed by atoms with E-state index in [9.17, 15) is 0 Å². The molecule has 1 aliphatic heterocycles. The average Bonchev–Trinajstić information content (AvgIpc) is 2.97. The average molecular weight is 245 g/mol. The van der Waals surface area contributed by atoms with Crippen LogP contribution >= 0.6 is 11.3 Å². The molecule has 0 saturated carbocycles. The van der Waals surface area contributed by atoms with Gasteiger partial charge in [-0.2, -0.15) is 11.3 Å². The maximum atomic E-state index is 6.24. The Morgan fingerprint density at radius 3 is 3.12 bits per heavy atom. The van der Waals surface area contributed by atoms with Crippen LogP contribution in [0.15, 0.2) is 35.0 Å². The van der Waals surface area contributed by atoms with E-state index in [0.29, 0.717) is 0 Å². The minimum Gasteiger partial charge on any atom is -0.493 e. The molecule has 2 nitrogen and oxygen atoms in total. The van der Waals surface area contributed by atoms with Gasteiger partial charge in [-0.05, 0) is 46.0 Å². The fourth-order valence-corrected chi connectivity index (χ4v) is 2.90. The third kappa shape index (κ3) is 2.21. The predicted octanol–water partition coefficient (Wildman–Crippen LogP) is 2.93. The molecule has 1 aromatic heterocycles. The first kappa shape index (κ1) is 10.8. The highest BCUT2D eigenvalue weighted by Gasteiger charge is 2.15. The Balaban J connectivity index is 1.79. The Bertz CT molecular complexity index is 507. The van der Waals surface area contributed by atoms with Crippen molar-refractivity contribution in [3.63, 3.8) is 0 Å². The summed E-state index contributed by atoms with van der Waals surface area (Å²) in [5.74, 6) is 1.02. The molecule has 17 heavy (non-hydrogen) atoms. The molecular weight excluding hydrogens is 230 g/mol. The fourth-order valence-electron chi connectivity index (χ4n) is 2.22. The Morgan fingerprint density at radius 2 is 2.29 bits per heavy atom. The van der Waals surface area contributed by atoms with E-state index in [1.165, 1.54) is 16.7 Å². The number of hydrogen-bond acceptors (Lipinski definition) is 3. The molecule has 1 aromatic carbocycles. The van der Waals surface area contributed by atoms with Crippen LogP contribution in [0.2, 0.25) is 0 Å². The van der Waals surface area contributed by atoms with Crippen molar-refractivity contribution in [3.8, 4) is 5.75 Å². The summed E-state index contributed by atoms with van der Waals surface area (Å²) >= 11 is 1.72. The molecule has 3 heteroatoms. The van der Waals surface area contributed by atoms with E-state index < -0.39 is 0 Å². The molecule has 0 aliphatic carbocycles. The quantitative estimate of drug-likeness (QED) is 0.902. The van der Waals surface area contributed by atoms with Gasteiger partial charge in [0.2, 0.25) is 0 Å². The van der Waals surface area contributed by atoms with Crippen LogP contribution in [-0.2, 0) is 12.8 Å². The zero-order chi connectivity index (χ0) is 11.7. The van der Waals surface area contributed by atoms with Gasteiger partial charge in [0.05, 0.1) is 6.61 Å². The molecule has 0 amide bonds. The molecule has 0 fully saturated rings. The monoisotopic (exact) mass is 245 g/mol. The van der Waals surface area contributed by atoms with Gasteiger partial charge in [0.25, 0.3) is 0 Å². The summed E-state index contributed by atoms with van der Waals surface area (Å²) in [5, 5.41) is 4.26. The molecule has 2 aromatic rings. The second-order valence-electron chi connectivity index (χ2n) is 4.41. The molecule has 3 rings (SSSR count). The largest absolute Gasteiger partial charge is 0.493 e. The molecular formula is C14H15NOS. The number of fused-ring (bicyclic) bond motifs is 1. The van der Waals surface area contributed by atoms with Gasteiger partial charge in [0, 0.05) is 12.5 Å². The number of ether oxygens (including phenoxy) is 1. The van der Waals surface area contributed by atoms with Crippen molar-refractivity contribution < 1.29 is 4.74 Å². The van der Waals surface area contributed by atoms with Crippen LogP contribution in [0.5, 0.6) is 5.75 Å². The molecule has 0 spiro atoms. The van der Waals surface area contributed by atoms with Crippen LogP contribution in [0, 0.1) is 0 Å². The summed E-state index contributed by atoms with van der Waals surface area (Å²) in [6.07, 6.45) is 1.91. The number of rotatable bonds is 3. The first-order chi connectivity index (χ1) is 8.33. The zero-order valence-electron chi connectivity index (χ0n) is 9.56. The minimum absolute atomic E-state index is 0.0792. The first-order valence-electron chi connectivity index (χ1n) is 5.85. The van der Waals surface area contributed by atoms with Gasteiger partial charge in [-0.25, -0.2) is 0 Å². The smallest absolute Gasteiger partial charge is 0.122 e. The summed E-state index contributed by atoms with van der Waals surface area (Å²) in [5.41, 5.74) is 10.1. The molecule has 88 valence electrons. The summed E-state index contributed by atoms with van der Waals surface area (Å²) in [7, 11) is 0. The third-order valence-electron chi connectivity index (χ3n) is 3.18. The lowest BCUT2D eigenvalue weighted by atomic mass is 9.99. The lowest BCUT2D eigenvalue weighted by Gasteiger charge is -2.12. The van der Waals surface area contributed by atoms with Gasteiger partial charge in [-0.1, -0.05) is 12.1 Å². The molecule has 1 atom stereocenters. The van der Waals surface area contributed by atoms with E-state index in [2.05, 4.69) is 29.0 Å². The van der Waals surface area contributed by atoms with Gasteiger partial charge >= 0.3 is 0 Å². The van der Waals surface area contributed by atoms with Crippen molar-refractivity contribution in [2.75, 3.05) is 6.61 Å². The molecule has 0 saturated heterocycles. The van der Waals surface area contributed by atoms with Crippen molar-refractivity contribution in [3.05, 3.63) is 51.7 Å². The Hall–Kier alpha value is -1.32. The molecule has 1 aliphatic rings. The second kappa shape index (κ2) is 4.51. The van der Waals surface area contributed by atoms with Crippen LogP contribution in [-0.4, -0.2) is 6.61 Å². The van der Waals surface area contributed by atoms with Crippen molar-refractivity contribution in [1.29, 1.82) is 0 Å². The summed E-state index contributed by atoms with van der Waals surface area (Å²) in [6, 6.07) is 8.54. The van der Waals surface area contributed by atoms with Gasteiger partial charge in [-0.15, -0.1) is 0 Å². The van der Waals surface area contributed by atoms with Gasteiger partial charge in [0.15, 0.2) is 0 Å². The Labute approximate surface area is 105 Å². The van der Waals surface area contributed by atoms with Crippen molar-refractivity contribution in [2.24, 2.45) is 5.73 Å². The standard InChI is InChI=1S/C14H15NOS/c15-13(7-10-4-6-17-9-10)11-1-2-14-12(8-11)3-5-16-14/h1-2,4,6,8-9,13H,3,5,7,15H2. The highest BCUT2D eigenvalue weighted by molar-refractivity contribution is 7.07. The zero-order valence-corrected chi connectivity index (χ0v) is 10.4. The van der Waals surface area contributed by atoms with E-state index in [4.69, 9.17) is 10.5 Å². The topological polar surface area (TPSA) is 35.2 Å². The van der Waals surface area contributed by atoms with Gasteiger partial charge < -0.3 is 10.5 Å². The van der Waals surface area contributed by atoms with Crippen molar-refractivity contribution in [1.82, 2.24) is 0 Å². The summed E-state index contributed by atoms with van der Waals surface area (Å²) < 4.78 is 5.50. The lowest BCUT2D eigenvalue weighted by molar-refractivity contribution is 0.357. The van der Waals surface area contributed by atoms with Crippen molar-refractivity contribution >= 4 is 11.3 Å². The molecule has 1 unspecified atom stereocenters. The van der Waals surface area contributed by atoms with E-state index in [0.717, 1.165) is 25.2 Å². The lowest BCUT2D eigenvalue weighted by Crippen LogP contribution is -2.13. The number of hydrogen-bond donors (Lipinski definition) is 1. The van der Waals surface area contributed by atoms with Crippen LogP contribution < -0.4 is 10.5 Å². The first-order valence-corrected chi connectivity index (χ1v) is 6.79. The van der Waals surface area contributed by atoms with E-state index in [-0.39, 0.29) is 6.04 Å². The van der Waals surface area contributed by atoms with E-state index in [1.807, 2.05) is 6.07 Å². The summed E-state index contributed by atoms with van der Waals surface area (Å²) in [4.78, 5) is 0. The third-order valence-corrected chi connectivity index (χ3v) is 3.91. The summed E-state index contributed by atoms with van der Waals surface area (Å²) in [6.45, 7) is 0.804. The second-order valence-corrected chi connectivity index (χ2v) is 5.19. The SMILES string of the molecule is NC(Cc1ccsc1)c1ccc2c(c1)CCO2. The predicted molar refractivity (Wildman–Crippen MR) is 70.6 cm³/mol. The van der Waals surface area contributed by atoms with Crippen LogP contribution in [0.4, 0.5) is 0 Å². The van der Waals surface area contributed by atoms with Crippen LogP contribution in [0.1, 0.15) is 22.7 Å². The number of nitrogens with two attached hydrogens (primary N) is 1. The normalized spacial score (nSPS) is 15.4. The highest BCUT2D eigenvalue weighted by Crippen LogP contribution is 2.28. The van der Waals surface area contributed by atoms with E-state index >= 15 is 0 Å². The molecule has 0 radical (unpaired) electrons. The highest BCUT2D eigenvalue weighted by atomic mass is 32.1. The van der Waals surface area contributed by atoms with Gasteiger partial charge in [0.1, 0.15) is 5.75 Å². The maximum Gasteiger partial charge on any atom is 0.122 e. The minimum atomic E-state index is 0.0792.